The molecule has 4 aliphatic rings. The maximum Gasteiger partial charge on any atom is 0.141 e. The van der Waals surface area contributed by atoms with Gasteiger partial charge in [0.25, 0.3) is 0 Å². The first kappa shape index (κ1) is 27.5. The summed E-state index contributed by atoms with van der Waals surface area (Å²) in [7, 11) is 0. The first-order chi connectivity index (χ1) is 16.9. The van der Waals surface area contributed by atoms with Crippen molar-refractivity contribution >= 4 is 5.78 Å². The molecule has 0 saturated heterocycles. The van der Waals surface area contributed by atoms with Crippen LogP contribution in [0.4, 0.5) is 0 Å². The first-order valence-electron chi connectivity index (χ1n) is 14.3. The molecule has 200 valence electrons. The Morgan fingerprint density at radius 3 is 2.58 bits per heavy atom. The minimum Gasteiger partial charge on any atom is -0.393 e. The molecule has 0 aromatic heterocycles. The van der Waals surface area contributed by atoms with Gasteiger partial charge in [0.2, 0.25) is 0 Å². The number of hydrogen-bond donors (Lipinski definition) is 3. The fourth-order valence-electron chi connectivity index (χ4n) is 7.92. The fourth-order valence-corrected chi connectivity index (χ4v) is 7.92. The highest BCUT2D eigenvalue weighted by molar-refractivity contribution is 5.88. The van der Waals surface area contributed by atoms with Crippen LogP contribution in [-0.2, 0) is 4.79 Å². The van der Waals surface area contributed by atoms with Gasteiger partial charge in [-0.3, -0.25) is 4.79 Å². The van der Waals surface area contributed by atoms with Crippen LogP contribution in [0.1, 0.15) is 98.3 Å². The SMILES string of the molecule is C=C1C(=CC=C2CCC[C@]3(C)[C@@H](C(C)(C)C=C[C@@H](O)C4(C(=O)CCC)CC4)CC[C@@H]23)C[C@@H](O)C[C@@H]1O. The summed E-state index contributed by atoms with van der Waals surface area (Å²) in [4.78, 5) is 12.6. The molecule has 4 fully saturated rings. The molecule has 0 bridgehead atoms. The molecule has 0 aliphatic heterocycles. The van der Waals surface area contributed by atoms with Gasteiger partial charge in [-0.15, -0.1) is 0 Å². The average Bonchev–Trinajstić information content (AvgIpc) is 3.55. The molecule has 4 rings (SSSR count). The van der Waals surface area contributed by atoms with Crippen LogP contribution < -0.4 is 0 Å². The van der Waals surface area contributed by atoms with Crippen molar-refractivity contribution in [3.05, 3.63) is 47.6 Å². The second-order valence-corrected chi connectivity index (χ2v) is 13.1. The van der Waals surface area contributed by atoms with E-state index < -0.39 is 23.7 Å². The van der Waals surface area contributed by atoms with Gasteiger partial charge >= 0.3 is 0 Å². The number of carbonyl (C=O) groups is 1. The lowest BCUT2D eigenvalue weighted by Gasteiger charge is -2.47. The quantitative estimate of drug-likeness (QED) is 0.349. The zero-order valence-corrected chi connectivity index (χ0v) is 22.9. The molecule has 6 atom stereocenters. The van der Waals surface area contributed by atoms with Gasteiger partial charge in [-0.2, -0.15) is 0 Å². The summed E-state index contributed by atoms with van der Waals surface area (Å²) < 4.78 is 0. The van der Waals surface area contributed by atoms with Crippen molar-refractivity contribution in [1.82, 2.24) is 0 Å². The number of aliphatic hydroxyl groups excluding tert-OH is 3. The predicted molar refractivity (Wildman–Crippen MR) is 145 cm³/mol. The summed E-state index contributed by atoms with van der Waals surface area (Å²) in [6.07, 6.45) is 16.4. The normalized spacial score (nSPS) is 37.5. The predicted octanol–water partition coefficient (Wildman–Crippen LogP) is 6.22. The van der Waals surface area contributed by atoms with Gasteiger partial charge in [0.1, 0.15) is 5.78 Å². The Kier molecular flexibility index (Phi) is 7.91. The summed E-state index contributed by atoms with van der Waals surface area (Å²) in [5.74, 6) is 1.26. The molecule has 3 N–H and O–H groups in total. The Morgan fingerprint density at radius 2 is 1.92 bits per heavy atom. The maximum absolute atomic E-state index is 12.6. The molecule has 0 spiro atoms. The van der Waals surface area contributed by atoms with Crippen LogP contribution >= 0.6 is 0 Å². The topological polar surface area (TPSA) is 77.8 Å². The summed E-state index contributed by atoms with van der Waals surface area (Å²) in [6.45, 7) is 13.2. The van der Waals surface area contributed by atoms with Gasteiger partial charge in [0, 0.05) is 12.8 Å². The third-order valence-electron chi connectivity index (χ3n) is 10.2. The van der Waals surface area contributed by atoms with Crippen LogP contribution in [0.15, 0.2) is 47.6 Å². The minimum absolute atomic E-state index is 0.0683. The monoisotopic (exact) mass is 496 g/mol. The van der Waals surface area contributed by atoms with Crippen LogP contribution in [0.5, 0.6) is 0 Å². The van der Waals surface area contributed by atoms with E-state index in [4.69, 9.17) is 0 Å². The molecule has 0 aromatic carbocycles. The lowest BCUT2D eigenvalue weighted by atomic mass is 9.57. The third kappa shape index (κ3) is 5.11. The van der Waals surface area contributed by atoms with Crippen molar-refractivity contribution in [2.45, 2.75) is 117 Å². The maximum atomic E-state index is 12.6. The van der Waals surface area contributed by atoms with E-state index in [0.717, 1.165) is 43.3 Å². The highest BCUT2D eigenvalue weighted by Crippen LogP contribution is 2.62. The summed E-state index contributed by atoms with van der Waals surface area (Å²) in [5.41, 5.74) is 2.81. The standard InChI is InChI=1S/C32H48O4/c1-6-8-28(35)32(17-18-32)29(36)14-16-30(3,4)27-13-12-25-22(9-7-15-31(25,27)5)10-11-23-19-24(33)20-26(34)21(23)2/h10-11,14,16,24-27,29,33-34,36H,2,6-9,12-13,15,17-20H2,1,3-5H3/t24-,25+,26+,27-,29-,31+/m1/s1. The molecule has 4 heteroatoms. The molecule has 0 radical (unpaired) electrons. The lowest BCUT2D eigenvalue weighted by Crippen LogP contribution is -2.39. The molecule has 4 nitrogen and oxygen atoms in total. The van der Waals surface area contributed by atoms with E-state index in [9.17, 15) is 20.1 Å². The van der Waals surface area contributed by atoms with Crippen molar-refractivity contribution in [2.75, 3.05) is 0 Å². The number of aliphatic hydroxyl groups is 3. The van der Waals surface area contributed by atoms with Gasteiger partial charge < -0.3 is 15.3 Å². The molecule has 0 amide bonds. The fraction of sp³-hybridized carbons (Fsp3) is 0.719. The summed E-state index contributed by atoms with van der Waals surface area (Å²) in [6, 6.07) is 0. The molecule has 0 aromatic rings. The van der Waals surface area contributed by atoms with Crippen LogP contribution in [0.3, 0.4) is 0 Å². The molecule has 4 aliphatic carbocycles. The Hall–Kier alpha value is -1.49. The van der Waals surface area contributed by atoms with E-state index in [1.165, 1.54) is 24.8 Å². The zero-order valence-electron chi connectivity index (χ0n) is 22.9. The van der Waals surface area contributed by atoms with Gasteiger partial charge in [-0.25, -0.2) is 0 Å². The van der Waals surface area contributed by atoms with Crippen molar-refractivity contribution in [3.63, 3.8) is 0 Å². The largest absolute Gasteiger partial charge is 0.393 e. The highest BCUT2D eigenvalue weighted by atomic mass is 16.3. The van der Waals surface area contributed by atoms with Crippen molar-refractivity contribution in [1.29, 1.82) is 0 Å². The number of carbonyl (C=O) groups excluding carboxylic acids is 1. The third-order valence-corrected chi connectivity index (χ3v) is 10.2. The van der Waals surface area contributed by atoms with E-state index in [1.54, 1.807) is 0 Å². The van der Waals surface area contributed by atoms with Crippen molar-refractivity contribution in [2.24, 2.45) is 28.1 Å². The minimum atomic E-state index is -0.677. The number of hydrogen-bond acceptors (Lipinski definition) is 4. The van der Waals surface area contributed by atoms with Crippen LogP contribution in [-0.4, -0.2) is 39.4 Å². The molecule has 0 unspecified atom stereocenters. The van der Waals surface area contributed by atoms with Crippen molar-refractivity contribution < 1.29 is 20.1 Å². The summed E-state index contributed by atoms with van der Waals surface area (Å²) >= 11 is 0. The number of Topliss-reactive ketones (excluding diaryl/α,β-unsaturated/α-hetero) is 1. The van der Waals surface area contributed by atoms with Crippen molar-refractivity contribution in [3.8, 4) is 0 Å². The average molecular weight is 497 g/mol. The molecule has 0 heterocycles. The Balaban J connectivity index is 1.50. The first-order valence-corrected chi connectivity index (χ1v) is 14.3. The number of allylic oxidation sites excluding steroid dienone is 4. The van der Waals surface area contributed by atoms with Crippen LogP contribution in [0.25, 0.3) is 0 Å². The Bertz CT molecular complexity index is 949. The van der Waals surface area contributed by atoms with Crippen LogP contribution in [0.2, 0.25) is 0 Å². The second-order valence-electron chi connectivity index (χ2n) is 13.1. The summed E-state index contributed by atoms with van der Waals surface area (Å²) in [5, 5.41) is 31.3. The van der Waals surface area contributed by atoms with E-state index in [-0.39, 0.29) is 16.6 Å². The zero-order chi connectivity index (χ0) is 26.3. The van der Waals surface area contributed by atoms with E-state index in [2.05, 4.69) is 45.6 Å². The van der Waals surface area contributed by atoms with Crippen LogP contribution in [0, 0.1) is 28.1 Å². The van der Waals surface area contributed by atoms with Gasteiger partial charge in [0.15, 0.2) is 0 Å². The van der Waals surface area contributed by atoms with Gasteiger partial charge in [-0.1, -0.05) is 64.2 Å². The van der Waals surface area contributed by atoms with E-state index in [1.807, 2.05) is 13.0 Å². The highest BCUT2D eigenvalue weighted by Gasteiger charge is 2.55. The number of fused-ring (bicyclic) bond motifs is 1. The number of rotatable bonds is 8. The van der Waals surface area contributed by atoms with E-state index >= 15 is 0 Å². The molecular formula is C32H48O4. The Labute approximate surface area is 218 Å². The molecule has 36 heavy (non-hydrogen) atoms. The lowest BCUT2D eigenvalue weighted by molar-refractivity contribution is -0.127. The molecular weight excluding hydrogens is 448 g/mol. The smallest absolute Gasteiger partial charge is 0.141 e. The number of ketones is 1. The Morgan fingerprint density at radius 1 is 1.19 bits per heavy atom. The second kappa shape index (κ2) is 10.3. The van der Waals surface area contributed by atoms with Gasteiger partial charge in [0.05, 0.1) is 23.7 Å². The van der Waals surface area contributed by atoms with Gasteiger partial charge in [-0.05, 0) is 91.6 Å². The van der Waals surface area contributed by atoms with E-state index in [0.29, 0.717) is 31.1 Å². The molecule has 4 saturated carbocycles.